The van der Waals surface area contributed by atoms with Crippen molar-refractivity contribution in [1.82, 2.24) is 4.90 Å². The number of carbonyl (C=O) groups excluding carboxylic acids is 1. The van der Waals surface area contributed by atoms with Gasteiger partial charge in [-0.15, -0.1) is 0 Å². The van der Waals surface area contributed by atoms with Crippen LogP contribution in [-0.2, 0) is 11.2 Å². The van der Waals surface area contributed by atoms with Crippen molar-refractivity contribution in [3.63, 3.8) is 0 Å². The molecule has 0 aromatic heterocycles. The molecule has 1 N–H and O–H groups in total. The largest absolute Gasteiger partial charge is 0.478 e. The van der Waals surface area contributed by atoms with E-state index < -0.39 is 5.97 Å². The Labute approximate surface area is 193 Å². The van der Waals surface area contributed by atoms with Gasteiger partial charge in [-0.25, -0.2) is 9.59 Å². The van der Waals surface area contributed by atoms with Crippen molar-refractivity contribution in [1.29, 1.82) is 0 Å². The Kier molecular flexibility index (Phi) is 5.86. The zero-order chi connectivity index (χ0) is 22.8. The number of piperidine rings is 1. The van der Waals surface area contributed by atoms with Gasteiger partial charge in [0, 0.05) is 19.0 Å². The van der Waals surface area contributed by atoms with Crippen molar-refractivity contribution in [2.45, 2.75) is 25.2 Å². The number of hydrogen-bond donors (Lipinski definition) is 1. The predicted octanol–water partition coefficient (Wildman–Crippen LogP) is 5.59. The lowest BCUT2D eigenvalue weighted by molar-refractivity contribution is 0.0696. The second-order valence-corrected chi connectivity index (χ2v) is 8.94. The van der Waals surface area contributed by atoms with E-state index in [1.54, 1.807) is 12.1 Å². The minimum absolute atomic E-state index is 0.0765. The molecule has 1 fully saturated rings. The van der Waals surface area contributed by atoms with Crippen LogP contribution in [0, 0.1) is 5.92 Å². The van der Waals surface area contributed by atoms with E-state index in [2.05, 4.69) is 36.4 Å². The molecule has 3 aromatic carbocycles. The maximum Gasteiger partial charge on any atom is 0.409 e. The van der Waals surface area contributed by atoms with Crippen LogP contribution < -0.4 is 0 Å². The third kappa shape index (κ3) is 4.36. The maximum absolute atomic E-state index is 12.8. The third-order valence-electron chi connectivity index (χ3n) is 6.93. The van der Waals surface area contributed by atoms with Crippen molar-refractivity contribution in [3.8, 4) is 11.1 Å². The molecule has 1 amide bonds. The van der Waals surface area contributed by atoms with E-state index in [1.165, 1.54) is 22.3 Å². The molecule has 3 aromatic rings. The number of rotatable bonds is 5. The minimum Gasteiger partial charge on any atom is -0.478 e. The van der Waals surface area contributed by atoms with Crippen LogP contribution in [0.2, 0.25) is 0 Å². The molecule has 5 nitrogen and oxygen atoms in total. The van der Waals surface area contributed by atoms with Crippen LogP contribution in [0.5, 0.6) is 0 Å². The zero-order valence-electron chi connectivity index (χ0n) is 18.4. The summed E-state index contributed by atoms with van der Waals surface area (Å²) >= 11 is 0. The summed E-state index contributed by atoms with van der Waals surface area (Å²) in [7, 11) is 0. The number of likely N-dealkylation sites (tertiary alicyclic amines) is 1. The molecule has 1 heterocycles. The predicted molar refractivity (Wildman–Crippen MR) is 126 cm³/mol. The van der Waals surface area contributed by atoms with Crippen LogP contribution >= 0.6 is 0 Å². The monoisotopic (exact) mass is 441 g/mol. The van der Waals surface area contributed by atoms with Gasteiger partial charge in [0.2, 0.25) is 0 Å². The highest BCUT2D eigenvalue weighted by Crippen LogP contribution is 2.44. The number of ether oxygens (including phenoxy) is 1. The highest BCUT2D eigenvalue weighted by molar-refractivity contribution is 5.87. The molecule has 33 heavy (non-hydrogen) atoms. The lowest BCUT2D eigenvalue weighted by atomic mass is 9.90. The van der Waals surface area contributed by atoms with Crippen LogP contribution in [0.3, 0.4) is 0 Å². The summed E-state index contributed by atoms with van der Waals surface area (Å²) in [6.07, 6.45) is 2.51. The van der Waals surface area contributed by atoms with E-state index in [0.717, 1.165) is 24.8 Å². The average Bonchev–Trinajstić information content (AvgIpc) is 3.17. The van der Waals surface area contributed by atoms with E-state index in [-0.39, 0.29) is 12.0 Å². The topological polar surface area (TPSA) is 66.8 Å². The Bertz CT molecular complexity index is 1120. The van der Waals surface area contributed by atoms with Crippen molar-refractivity contribution in [3.05, 3.63) is 95.1 Å². The SMILES string of the molecule is O=C(O)c1ccc(CC2CCN(C(=O)OCC3c4ccccc4-c4ccccc43)CC2)cc1. The lowest BCUT2D eigenvalue weighted by Crippen LogP contribution is -2.39. The number of nitrogens with zero attached hydrogens (tertiary/aromatic N) is 1. The molecule has 5 rings (SSSR count). The van der Waals surface area contributed by atoms with Gasteiger partial charge in [0.05, 0.1) is 5.56 Å². The molecule has 1 aliphatic heterocycles. The number of benzene rings is 3. The van der Waals surface area contributed by atoms with Gasteiger partial charge in [-0.05, 0) is 65.1 Å². The number of aromatic carboxylic acids is 1. The Morgan fingerprint density at radius 3 is 2.00 bits per heavy atom. The number of fused-ring (bicyclic) bond motifs is 3. The Hall–Kier alpha value is -3.60. The standard InChI is InChI=1S/C28H27NO4/c30-27(31)21-11-9-19(10-12-21)17-20-13-15-29(16-14-20)28(32)33-18-26-24-7-3-1-5-22(24)23-6-2-4-8-25(23)26/h1-12,20,26H,13-18H2,(H,30,31). The first-order valence-electron chi connectivity index (χ1n) is 11.5. The van der Waals surface area contributed by atoms with Crippen LogP contribution in [0.4, 0.5) is 4.79 Å². The fraction of sp³-hybridized carbons (Fsp3) is 0.286. The fourth-order valence-corrected chi connectivity index (χ4v) is 5.12. The van der Waals surface area contributed by atoms with Gasteiger partial charge in [-0.1, -0.05) is 60.7 Å². The normalized spacial score (nSPS) is 15.7. The molecule has 1 aliphatic carbocycles. The molecule has 5 heteroatoms. The summed E-state index contributed by atoms with van der Waals surface area (Å²) in [4.78, 5) is 25.6. The summed E-state index contributed by atoms with van der Waals surface area (Å²) < 4.78 is 5.80. The Morgan fingerprint density at radius 1 is 0.848 bits per heavy atom. The summed E-state index contributed by atoms with van der Waals surface area (Å²) in [6.45, 7) is 1.73. The molecular weight excluding hydrogens is 414 g/mol. The first-order chi connectivity index (χ1) is 16.1. The minimum atomic E-state index is -0.905. The van der Waals surface area contributed by atoms with E-state index in [1.807, 2.05) is 29.2 Å². The average molecular weight is 442 g/mol. The van der Waals surface area contributed by atoms with Gasteiger partial charge in [0.15, 0.2) is 0 Å². The number of carboxylic acids is 1. The highest BCUT2D eigenvalue weighted by atomic mass is 16.6. The summed E-state index contributed by atoms with van der Waals surface area (Å²) in [5, 5.41) is 9.04. The zero-order valence-corrected chi connectivity index (χ0v) is 18.4. The van der Waals surface area contributed by atoms with Crippen LogP contribution in [0.1, 0.15) is 45.8 Å². The number of amides is 1. The molecule has 0 radical (unpaired) electrons. The quantitative estimate of drug-likeness (QED) is 0.561. The third-order valence-corrected chi connectivity index (χ3v) is 6.93. The maximum atomic E-state index is 12.8. The van der Waals surface area contributed by atoms with Crippen molar-refractivity contribution < 1.29 is 19.4 Å². The smallest absolute Gasteiger partial charge is 0.409 e. The van der Waals surface area contributed by atoms with Gasteiger partial charge < -0.3 is 14.7 Å². The number of hydrogen-bond acceptors (Lipinski definition) is 3. The second kappa shape index (κ2) is 9.10. The van der Waals surface area contributed by atoms with Crippen molar-refractivity contribution in [2.75, 3.05) is 19.7 Å². The molecule has 168 valence electrons. The van der Waals surface area contributed by atoms with Gasteiger partial charge in [-0.2, -0.15) is 0 Å². The van der Waals surface area contributed by atoms with Gasteiger partial charge in [0.1, 0.15) is 6.61 Å². The van der Waals surface area contributed by atoms with Gasteiger partial charge in [-0.3, -0.25) is 0 Å². The highest BCUT2D eigenvalue weighted by Gasteiger charge is 2.30. The molecule has 2 aliphatic rings. The van der Waals surface area contributed by atoms with E-state index >= 15 is 0 Å². The van der Waals surface area contributed by atoms with Crippen molar-refractivity contribution >= 4 is 12.1 Å². The van der Waals surface area contributed by atoms with Crippen LogP contribution in [0.25, 0.3) is 11.1 Å². The Morgan fingerprint density at radius 2 is 1.42 bits per heavy atom. The van der Waals surface area contributed by atoms with Gasteiger partial charge >= 0.3 is 12.1 Å². The second-order valence-electron chi connectivity index (χ2n) is 8.94. The van der Waals surface area contributed by atoms with Gasteiger partial charge in [0.25, 0.3) is 0 Å². The molecule has 0 bridgehead atoms. The molecular formula is C28H27NO4. The van der Waals surface area contributed by atoms with Crippen molar-refractivity contribution in [2.24, 2.45) is 5.92 Å². The molecule has 0 atom stereocenters. The van der Waals surface area contributed by atoms with E-state index in [0.29, 0.717) is 31.2 Å². The number of carboxylic acid groups (broad SMARTS) is 1. The number of carbonyl (C=O) groups is 2. The van der Waals surface area contributed by atoms with Crippen LogP contribution in [-0.4, -0.2) is 41.8 Å². The summed E-state index contributed by atoms with van der Waals surface area (Å²) in [6, 6.07) is 23.8. The summed E-state index contributed by atoms with van der Waals surface area (Å²) in [5.41, 5.74) is 6.35. The molecule has 0 saturated carbocycles. The molecule has 0 unspecified atom stereocenters. The van der Waals surface area contributed by atoms with E-state index in [4.69, 9.17) is 9.84 Å². The fourth-order valence-electron chi connectivity index (χ4n) is 5.12. The van der Waals surface area contributed by atoms with E-state index in [9.17, 15) is 9.59 Å². The summed E-state index contributed by atoms with van der Waals surface area (Å²) in [5.74, 6) is -0.344. The first kappa shape index (κ1) is 21.3. The molecule has 1 saturated heterocycles. The first-order valence-corrected chi connectivity index (χ1v) is 11.5. The lowest BCUT2D eigenvalue weighted by Gasteiger charge is -2.31. The van der Waals surface area contributed by atoms with Crippen LogP contribution in [0.15, 0.2) is 72.8 Å². The molecule has 0 spiro atoms. The Balaban J connectivity index is 1.15.